The summed E-state index contributed by atoms with van der Waals surface area (Å²) in [6.45, 7) is 27.5. The molecular weight excluding hydrogens is 937 g/mol. The second-order valence-electron chi connectivity index (χ2n) is 21.4. The highest BCUT2D eigenvalue weighted by Crippen LogP contribution is 2.52. The number of hydrogen-bond donors (Lipinski definition) is 0. The quantitative estimate of drug-likeness (QED) is 0.0764. The van der Waals surface area contributed by atoms with Crippen LogP contribution in [0.4, 0.5) is 22.7 Å². The van der Waals surface area contributed by atoms with Crippen molar-refractivity contribution >= 4 is 56.5 Å². The predicted octanol–water partition coefficient (Wildman–Crippen LogP) is 16.1. The Kier molecular flexibility index (Phi) is 16.9. The molecule has 0 amide bonds. The predicted molar refractivity (Wildman–Crippen MR) is 334 cm³/mol. The average Bonchev–Trinajstić information content (AvgIpc) is 4.11. The summed E-state index contributed by atoms with van der Waals surface area (Å²) in [4.78, 5) is 20.7. The molecule has 2 saturated carbocycles. The molecule has 2 bridgehead atoms. The lowest BCUT2D eigenvalue weighted by molar-refractivity contribution is 0.250. The third-order valence-corrected chi connectivity index (χ3v) is 17.6. The maximum absolute atomic E-state index is 5.54. The largest absolute Gasteiger partial charge is 0.372 e. The molecular formula is C71H82N6. The Morgan fingerprint density at radius 2 is 0.636 bits per heavy atom. The average molecular weight is 1020 g/mol. The van der Waals surface area contributed by atoms with Gasteiger partial charge >= 0.3 is 0 Å². The van der Waals surface area contributed by atoms with Gasteiger partial charge in [0, 0.05) is 99.3 Å². The highest BCUT2D eigenvalue weighted by molar-refractivity contribution is 6.20. The summed E-state index contributed by atoms with van der Waals surface area (Å²) in [5, 5.41) is 0. The van der Waals surface area contributed by atoms with Crippen molar-refractivity contribution < 1.29 is 0 Å². The van der Waals surface area contributed by atoms with Crippen molar-refractivity contribution in [1.29, 1.82) is 0 Å². The summed E-state index contributed by atoms with van der Waals surface area (Å²) >= 11 is 0. The second-order valence-corrected chi connectivity index (χ2v) is 21.4. The van der Waals surface area contributed by atoms with Crippen LogP contribution in [0.3, 0.4) is 0 Å². The summed E-state index contributed by atoms with van der Waals surface area (Å²) in [5.41, 5.74) is 22.1. The fourth-order valence-corrected chi connectivity index (χ4v) is 13.4. The van der Waals surface area contributed by atoms with Crippen LogP contribution in [0, 0.1) is 23.7 Å². The van der Waals surface area contributed by atoms with Crippen LogP contribution < -0.4 is 19.6 Å². The maximum Gasteiger partial charge on any atom is 0.0653 e. The summed E-state index contributed by atoms with van der Waals surface area (Å²) in [6, 6.07) is 54.8. The number of rotatable bonds is 20. The maximum atomic E-state index is 5.54. The van der Waals surface area contributed by atoms with E-state index in [1.165, 1.54) is 109 Å². The Morgan fingerprint density at radius 1 is 0.351 bits per heavy atom. The molecule has 10 rings (SSSR count). The standard InChI is InChI=1S/C71H82N6/c1-9-74(10-2)57-33-25-51(26-34-57)70(52-27-35-58(36-28-52)75(11-3)12-4)65-41-43-68(63-23-19-17-21-61(63)65)72-48-55-45-50-46-56(67(55)47-50)49-73-69-44-42-66(62-22-18-20-24-64(62)69)71(53-29-37-59(38-30-53)76(13-5)14-6)54-31-39-60(40-32-54)77(15-7)16-8/h17-44,50,55-56,67H,9-16,45-49H2,1-8H3. The molecule has 0 saturated heterocycles. The normalized spacial score (nSPS) is 19.2. The summed E-state index contributed by atoms with van der Waals surface area (Å²) in [6.07, 6.45) is 13.1. The Labute approximate surface area is 462 Å². The number of benzene rings is 6. The van der Waals surface area contributed by atoms with Gasteiger partial charge in [-0.25, -0.2) is 0 Å². The van der Waals surface area contributed by atoms with Gasteiger partial charge in [0.05, 0.1) is 11.4 Å². The van der Waals surface area contributed by atoms with Crippen LogP contribution in [-0.4, -0.2) is 76.9 Å². The van der Waals surface area contributed by atoms with Crippen molar-refractivity contribution in [3.8, 4) is 0 Å². The van der Waals surface area contributed by atoms with Crippen LogP contribution in [0.15, 0.2) is 180 Å². The van der Waals surface area contributed by atoms with Gasteiger partial charge in [-0.2, -0.15) is 0 Å². The first kappa shape index (κ1) is 53.2. The molecule has 0 radical (unpaired) electrons. The molecule has 4 aliphatic rings. The fourth-order valence-electron chi connectivity index (χ4n) is 13.4. The van der Waals surface area contributed by atoms with E-state index in [9.17, 15) is 0 Å². The zero-order chi connectivity index (χ0) is 53.4. The SMILES string of the molecule is CCN(CC)c1ccc(C(=C2C=CC(=NCC3CC4CC(CN=C5C=CC(=C(c6ccc(N(CC)CC)cc6)c6ccc(N(CC)CC)cc6)c6ccccc65)C3C4)c3ccccc32)c2ccc(N(CC)CC)cc2)cc1. The van der Waals surface area contributed by atoms with Crippen molar-refractivity contribution in [3.05, 3.63) is 214 Å². The van der Waals surface area contributed by atoms with E-state index in [4.69, 9.17) is 9.98 Å². The summed E-state index contributed by atoms with van der Waals surface area (Å²) < 4.78 is 0. The Hall–Kier alpha value is -7.18. The molecule has 0 heterocycles. The molecule has 2 fully saturated rings. The molecule has 2 atom stereocenters. The Morgan fingerprint density at radius 3 is 0.909 bits per heavy atom. The van der Waals surface area contributed by atoms with Gasteiger partial charge in [-0.15, -0.1) is 0 Å². The minimum absolute atomic E-state index is 0.570. The molecule has 6 aromatic carbocycles. The number of allylic oxidation sites excluding steroid dienone is 6. The highest BCUT2D eigenvalue weighted by Gasteiger charge is 2.45. The molecule has 77 heavy (non-hydrogen) atoms. The zero-order valence-corrected chi connectivity index (χ0v) is 47.4. The van der Waals surface area contributed by atoms with Crippen molar-refractivity contribution in [2.24, 2.45) is 33.7 Å². The molecule has 0 aromatic heterocycles. The van der Waals surface area contributed by atoms with Crippen LogP contribution in [0.5, 0.6) is 0 Å². The van der Waals surface area contributed by atoms with Gasteiger partial charge in [0.2, 0.25) is 0 Å². The van der Waals surface area contributed by atoms with Crippen molar-refractivity contribution in [2.45, 2.75) is 74.7 Å². The number of hydrogen-bond acceptors (Lipinski definition) is 6. The Bertz CT molecular complexity index is 2830. The first-order valence-corrected chi connectivity index (χ1v) is 29.4. The zero-order valence-electron chi connectivity index (χ0n) is 47.4. The lowest BCUT2D eigenvalue weighted by atomic mass is 9.80. The lowest BCUT2D eigenvalue weighted by Gasteiger charge is -2.28. The summed E-state index contributed by atoms with van der Waals surface area (Å²) in [5.74, 6) is 2.54. The van der Waals surface area contributed by atoms with Gasteiger partial charge in [-0.3, -0.25) is 9.98 Å². The topological polar surface area (TPSA) is 37.7 Å². The second kappa shape index (κ2) is 24.4. The van der Waals surface area contributed by atoms with Gasteiger partial charge in [0.25, 0.3) is 0 Å². The van der Waals surface area contributed by atoms with Gasteiger partial charge in [-0.05, 0) is 215 Å². The molecule has 4 aliphatic carbocycles. The van der Waals surface area contributed by atoms with E-state index in [-0.39, 0.29) is 0 Å². The van der Waals surface area contributed by atoms with Crippen molar-refractivity contribution in [1.82, 2.24) is 0 Å². The van der Waals surface area contributed by atoms with Gasteiger partial charge in [0.1, 0.15) is 0 Å². The minimum atomic E-state index is 0.570. The van der Waals surface area contributed by atoms with Gasteiger partial charge in [0.15, 0.2) is 0 Å². The fraction of sp³-hybridized carbons (Fsp3) is 0.352. The number of aliphatic imine (C=N–C) groups is 2. The molecule has 6 heteroatoms. The molecule has 0 aliphatic heterocycles. The van der Waals surface area contributed by atoms with E-state index in [2.05, 4.69) is 245 Å². The van der Waals surface area contributed by atoms with Crippen molar-refractivity contribution in [2.75, 3.05) is 85.0 Å². The van der Waals surface area contributed by atoms with E-state index in [1.54, 1.807) is 0 Å². The molecule has 2 unspecified atom stereocenters. The third-order valence-electron chi connectivity index (χ3n) is 17.6. The smallest absolute Gasteiger partial charge is 0.0653 e. The lowest BCUT2D eigenvalue weighted by Crippen LogP contribution is -2.25. The first-order chi connectivity index (χ1) is 37.8. The first-order valence-electron chi connectivity index (χ1n) is 29.4. The van der Waals surface area contributed by atoms with Crippen LogP contribution in [-0.2, 0) is 0 Å². The van der Waals surface area contributed by atoms with Crippen molar-refractivity contribution in [3.63, 3.8) is 0 Å². The van der Waals surface area contributed by atoms with E-state index < -0.39 is 0 Å². The van der Waals surface area contributed by atoms with Crippen LogP contribution in [0.2, 0.25) is 0 Å². The van der Waals surface area contributed by atoms with Gasteiger partial charge in [-0.1, -0.05) is 109 Å². The van der Waals surface area contributed by atoms with Crippen LogP contribution in [0.1, 0.15) is 119 Å². The van der Waals surface area contributed by atoms with E-state index >= 15 is 0 Å². The number of anilines is 4. The molecule has 0 N–H and O–H groups in total. The monoisotopic (exact) mass is 1020 g/mol. The highest BCUT2D eigenvalue weighted by atomic mass is 15.1. The number of nitrogens with zero attached hydrogens (tertiary/aromatic N) is 6. The summed E-state index contributed by atoms with van der Waals surface area (Å²) in [7, 11) is 0. The minimum Gasteiger partial charge on any atom is -0.372 e. The van der Waals surface area contributed by atoms with Crippen LogP contribution in [0.25, 0.3) is 22.3 Å². The third kappa shape index (κ3) is 11.0. The van der Waals surface area contributed by atoms with Crippen LogP contribution >= 0.6 is 0 Å². The molecule has 6 aromatic rings. The molecule has 0 spiro atoms. The molecule has 396 valence electrons. The van der Waals surface area contributed by atoms with E-state index in [0.29, 0.717) is 17.8 Å². The van der Waals surface area contributed by atoms with E-state index in [0.717, 1.165) is 82.8 Å². The molecule has 6 nitrogen and oxygen atoms in total. The number of fused-ring (bicyclic) bond motifs is 4. The Balaban J connectivity index is 0.920. The van der Waals surface area contributed by atoms with E-state index in [1.807, 2.05) is 0 Å². The van der Waals surface area contributed by atoms with Gasteiger partial charge < -0.3 is 19.6 Å².